The van der Waals surface area contributed by atoms with Crippen LogP contribution in [-0.2, 0) is 6.18 Å². The lowest BCUT2D eigenvalue weighted by atomic mass is 10.00. The molecule has 3 aromatic heterocycles. The van der Waals surface area contributed by atoms with E-state index in [1.807, 2.05) is 35.0 Å². The fourth-order valence-corrected chi connectivity index (χ4v) is 2.76. The number of benzene rings is 1. The number of rotatable bonds is 2. The van der Waals surface area contributed by atoms with Gasteiger partial charge in [-0.1, -0.05) is 18.2 Å². The molecule has 0 unspecified atom stereocenters. The first-order chi connectivity index (χ1) is 12.0. The molecule has 0 aliphatic carbocycles. The van der Waals surface area contributed by atoms with E-state index in [1.54, 1.807) is 18.5 Å². The van der Waals surface area contributed by atoms with Crippen LogP contribution in [0, 0.1) is 0 Å². The molecule has 25 heavy (non-hydrogen) atoms. The normalized spacial score (nSPS) is 11.8. The Hall–Kier alpha value is -3.15. The summed E-state index contributed by atoms with van der Waals surface area (Å²) >= 11 is 0. The van der Waals surface area contributed by atoms with Crippen LogP contribution in [0.3, 0.4) is 0 Å². The molecule has 6 heteroatoms. The van der Waals surface area contributed by atoms with E-state index in [4.69, 9.17) is 0 Å². The Morgan fingerprint density at radius 2 is 1.56 bits per heavy atom. The van der Waals surface area contributed by atoms with Crippen molar-refractivity contribution in [2.45, 2.75) is 6.18 Å². The van der Waals surface area contributed by atoms with Crippen LogP contribution in [0.25, 0.3) is 28.0 Å². The highest BCUT2D eigenvalue weighted by Gasteiger charge is 2.30. The van der Waals surface area contributed by atoms with E-state index in [0.29, 0.717) is 11.3 Å². The first-order valence-electron chi connectivity index (χ1n) is 7.58. The molecule has 124 valence electrons. The molecular formula is C19H12F3N3. The number of imidazole rings is 1. The zero-order chi connectivity index (χ0) is 17.4. The highest BCUT2D eigenvalue weighted by molar-refractivity contribution is 5.80. The fraction of sp³-hybridized carbons (Fsp3) is 0.0526. The number of hydrogen-bond acceptors (Lipinski definition) is 2. The molecular weight excluding hydrogens is 327 g/mol. The van der Waals surface area contributed by atoms with Gasteiger partial charge < -0.3 is 4.40 Å². The average molecular weight is 339 g/mol. The van der Waals surface area contributed by atoms with Gasteiger partial charge in [-0.05, 0) is 30.3 Å². The molecule has 0 atom stereocenters. The SMILES string of the molecule is FC(F)(F)c1ccc(-c2ncccc2-c2ccc3nccn3c2)cc1. The van der Waals surface area contributed by atoms with E-state index >= 15 is 0 Å². The lowest BCUT2D eigenvalue weighted by Gasteiger charge is -2.11. The first-order valence-corrected chi connectivity index (χ1v) is 7.58. The number of pyridine rings is 2. The molecule has 3 heterocycles. The van der Waals surface area contributed by atoms with Gasteiger partial charge >= 0.3 is 6.18 Å². The van der Waals surface area contributed by atoms with Crippen molar-refractivity contribution in [3.8, 4) is 22.4 Å². The number of fused-ring (bicyclic) bond motifs is 1. The minimum Gasteiger partial charge on any atom is -0.306 e. The van der Waals surface area contributed by atoms with Crippen molar-refractivity contribution in [1.82, 2.24) is 14.4 Å². The smallest absolute Gasteiger partial charge is 0.306 e. The molecule has 0 radical (unpaired) electrons. The summed E-state index contributed by atoms with van der Waals surface area (Å²) in [5.41, 5.74) is 3.17. The summed E-state index contributed by atoms with van der Waals surface area (Å²) in [5, 5.41) is 0. The van der Waals surface area contributed by atoms with Crippen LogP contribution in [0.2, 0.25) is 0 Å². The fourth-order valence-electron chi connectivity index (χ4n) is 2.76. The molecule has 0 saturated heterocycles. The zero-order valence-electron chi connectivity index (χ0n) is 12.9. The molecule has 0 aliphatic heterocycles. The minimum atomic E-state index is -4.35. The van der Waals surface area contributed by atoms with Crippen LogP contribution < -0.4 is 0 Å². The van der Waals surface area contributed by atoms with E-state index in [1.165, 1.54) is 12.1 Å². The molecule has 0 saturated carbocycles. The largest absolute Gasteiger partial charge is 0.416 e. The maximum absolute atomic E-state index is 12.8. The summed E-state index contributed by atoms with van der Waals surface area (Å²) in [4.78, 5) is 8.59. The maximum atomic E-state index is 12.8. The minimum absolute atomic E-state index is 0.634. The van der Waals surface area contributed by atoms with Gasteiger partial charge in [-0.15, -0.1) is 0 Å². The molecule has 0 N–H and O–H groups in total. The molecule has 0 spiro atoms. The van der Waals surface area contributed by atoms with E-state index in [9.17, 15) is 13.2 Å². The molecule has 4 aromatic rings. The molecule has 0 amide bonds. The van der Waals surface area contributed by atoms with Gasteiger partial charge in [0.2, 0.25) is 0 Å². The molecule has 0 fully saturated rings. The Labute approximate surface area is 141 Å². The van der Waals surface area contributed by atoms with E-state index in [2.05, 4.69) is 9.97 Å². The van der Waals surface area contributed by atoms with Gasteiger partial charge in [0.1, 0.15) is 5.65 Å². The predicted octanol–water partition coefficient (Wildman–Crippen LogP) is 5.08. The second-order valence-electron chi connectivity index (χ2n) is 5.59. The summed E-state index contributed by atoms with van der Waals surface area (Å²) in [7, 11) is 0. The highest BCUT2D eigenvalue weighted by Crippen LogP contribution is 2.33. The summed E-state index contributed by atoms with van der Waals surface area (Å²) in [6.07, 6.45) is 2.75. The van der Waals surface area contributed by atoms with Gasteiger partial charge in [0.25, 0.3) is 0 Å². The third kappa shape index (κ3) is 2.87. The van der Waals surface area contributed by atoms with Gasteiger partial charge in [0, 0.05) is 41.5 Å². The van der Waals surface area contributed by atoms with Gasteiger partial charge in [0.05, 0.1) is 11.3 Å². The first kappa shape index (κ1) is 15.4. The van der Waals surface area contributed by atoms with Crippen molar-refractivity contribution in [1.29, 1.82) is 0 Å². The third-order valence-corrected chi connectivity index (χ3v) is 3.99. The van der Waals surface area contributed by atoms with Crippen molar-refractivity contribution in [3.05, 3.63) is 78.9 Å². The average Bonchev–Trinajstić information content (AvgIpc) is 3.09. The van der Waals surface area contributed by atoms with Crippen molar-refractivity contribution in [2.75, 3.05) is 0 Å². The Morgan fingerprint density at radius 3 is 2.32 bits per heavy atom. The Balaban J connectivity index is 1.81. The van der Waals surface area contributed by atoms with Crippen LogP contribution >= 0.6 is 0 Å². The summed E-state index contributed by atoms with van der Waals surface area (Å²) in [6, 6.07) is 12.6. The lowest BCUT2D eigenvalue weighted by Crippen LogP contribution is -2.04. The molecule has 0 aliphatic rings. The topological polar surface area (TPSA) is 30.2 Å². The monoisotopic (exact) mass is 339 g/mol. The molecule has 4 rings (SSSR count). The van der Waals surface area contributed by atoms with E-state index in [-0.39, 0.29) is 0 Å². The van der Waals surface area contributed by atoms with Crippen LogP contribution in [0.4, 0.5) is 13.2 Å². The Morgan fingerprint density at radius 1 is 0.800 bits per heavy atom. The van der Waals surface area contributed by atoms with Gasteiger partial charge in [-0.25, -0.2) is 4.98 Å². The summed E-state index contributed by atoms with van der Waals surface area (Å²) in [5.74, 6) is 0. The van der Waals surface area contributed by atoms with Gasteiger partial charge in [-0.3, -0.25) is 4.98 Å². The number of nitrogens with zero attached hydrogens (tertiary/aromatic N) is 3. The number of alkyl halides is 3. The number of hydrogen-bond donors (Lipinski definition) is 0. The van der Waals surface area contributed by atoms with Gasteiger partial charge in [-0.2, -0.15) is 13.2 Å². The second-order valence-corrected chi connectivity index (χ2v) is 5.59. The lowest BCUT2D eigenvalue weighted by molar-refractivity contribution is -0.137. The Kier molecular flexibility index (Phi) is 3.53. The molecule has 0 bridgehead atoms. The van der Waals surface area contributed by atoms with Gasteiger partial charge in [0.15, 0.2) is 0 Å². The predicted molar refractivity (Wildman–Crippen MR) is 88.9 cm³/mol. The second kappa shape index (κ2) is 5.73. The zero-order valence-corrected chi connectivity index (χ0v) is 12.9. The number of halogens is 3. The van der Waals surface area contributed by atoms with E-state index in [0.717, 1.165) is 28.9 Å². The standard InChI is InChI=1S/C19H12F3N3/c20-19(21,22)15-6-3-13(4-7-15)18-16(2-1-9-24-18)14-5-8-17-23-10-11-25(17)12-14/h1-12H. The molecule has 3 nitrogen and oxygen atoms in total. The van der Waals surface area contributed by atoms with Crippen LogP contribution in [0.15, 0.2) is 73.3 Å². The maximum Gasteiger partial charge on any atom is 0.416 e. The van der Waals surface area contributed by atoms with E-state index < -0.39 is 11.7 Å². The van der Waals surface area contributed by atoms with Crippen molar-refractivity contribution < 1.29 is 13.2 Å². The quantitative estimate of drug-likeness (QED) is 0.510. The van der Waals surface area contributed by atoms with Crippen LogP contribution in [0.1, 0.15) is 5.56 Å². The summed E-state index contributed by atoms with van der Waals surface area (Å²) < 4.78 is 40.2. The molecule has 1 aromatic carbocycles. The highest BCUT2D eigenvalue weighted by atomic mass is 19.4. The van der Waals surface area contributed by atoms with Crippen molar-refractivity contribution in [2.24, 2.45) is 0 Å². The Bertz CT molecular complexity index is 1030. The van der Waals surface area contributed by atoms with Crippen molar-refractivity contribution >= 4 is 5.65 Å². The summed E-state index contributed by atoms with van der Waals surface area (Å²) in [6.45, 7) is 0. The number of aromatic nitrogens is 3. The van der Waals surface area contributed by atoms with Crippen molar-refractivity contribution in [3.63, 3.8) is 0 Å². The van der Waals surface area contributed by atoms with Crippen LogP contribution in [-0.4, -0.2) is 14.4 Å². The van der Waals surface area contributed by atoms with Crippen LogP contribution in [0.5, 0.6) is 0 Å². The third-order valence-electron chi connectivity index (χ3n) is 3.99.